The molecule has 25 heavy (non-hydrogen) atoms. The zero-order valence-corrected chi connectivity index (χ0v) is 14.1. The van der Waals surface area contributed by atoms with Gasteiger partial charge in [0.15, 0.2) is 0 Å². The Morgan fingerprint density at radius 1 is 0.640 bits per heavy atom. The summed E-state index contributed by atoms with van der Waals surface area (Å²) in [7, 11) is -8.86. The summed E-state index contributed by atoms with van der Waals surface area (Å²) in [6.07, 6.45) is 0. The summed E-state index contributed by atoms with van der Waals surface area (Å²) in [5, 5.41) is 17.4. The van der Waals surface area contributed by atoms with Gasteiger partial charge in [-0.3, -0.25) is 9.44 Å². The standard InChI is InChI=1S/C14H11N5O4S2/c15-9-11-1-5-13(6-2-11)17-24(20,21)19-25(22,23)18-14-7-3-12(10-16)4-8-14/h1-8,17-19H. The molecule has 0 fully saturated rings. The average molecular weight is 377 g/mol. The van der Waals surface area contributed by atoms with Crippen LogP contribution < -0.4 is 13.6 Å². The molecular weight excluding hydrogens is 366 g/mol. The molecule has 0 radical (unpaired) electrons. The van der Waals surface area contributed by atoms with Gasteiger partial charge >= 0.3 is 20.4 Å². The fourth-order valence-electron chi connectivity index (χ4n) is 1.72. The van der Waals surface area contributed by atoms with Gasteiger partial charge in [-0.15, -0.1) is 0 Å². The second kappa shape index (κ2) is 7.19. The van der Waals surface area contributed by atoms with E-state index in [4.69, 9.17) is 10.5 Å². The van der Waals surface area contributed by atoms with Crippen LogP contribution in [0.15, 0.2) is 48.5 Å². The number of nitrogens with zero attached hydrogens (tertiary/aromatic N) is 2. The molecule has 0 unspecified atom stereocenters. The third kappa shape index (κ3) is 5.47. The van der Waals surface area contributed by atoms with Crippen molar-refractivity contribution in [1.29, 1.82) is 10.5 Å². The van der Waals surface area contributed by atoms with Crippen molar-refractivity contribution in [3.05, 3.63) is 59.7 Å². The zero-order chi connectivity index (χ0) is 18.5. The van der Waals surface area contributed by atoms with Crippen LogP contribution in [0.25, 0.3) is 0 Å². The van der Waals surface area contributed by atoms with Crippen molar-refractivity contribution in [1.82, 2.24) is 4.13 Å². The Kier molecular flexibility index (Phi) is 5.24. The Morgan fingerprint density at radius 2 is 0.960 bits per heavy atom. The highest BCUT2D eigenvalue weighted by molar-refractivity contribution is 8.05. The number of rotatable bonds is 6. The molecule has 2 aromatic carbocycles. The summed E-state index contributed by atoms with van der Waals surface area (Å²) in [4.78, 5) is 0. The predicted molar refractivity (Wildman–Crippen MR) is 90.5 cm³/mol. The lowest BCUT2D eigenvalue weighted by Crippen LogP contribution is -2.38. The Bertz CT molecular complexity index is 961. The molecular formula is C14H11N5O4S2. The van der Waals surface area contributed by atoms with E-state index in [1.54, 1.807) is 0 Å². The maximum atomic E-state index is 11.9. The first-order valence-corrected chi connectivity index (χ1v) is 9.54. The van der Waals surface area contributed by atoms with Crippen LogP contribution in [0.5, 0.6) is 0 Å². The second-order valence-electron chi connectivity index (χ2n) is 4.67. The van der Waals surface area contributed by atoms with Crippen LogP contribution in [-0.2, 0) is 20.4 Å². The Balaban J connectivity index is 2.09. The fourth-order valence-corrected chi connectivity index (χ4v) is 4.10. The van der Waals surface area contributed by atoms with E-state index in [0.717, 1.165) is 0 Å². The van der Waals surface area contributed by atoms with E-state index in [9.17, 15) is 16.8 Å². The first kappa shape index (κ1) is 18.2. The highest BCUT2D eigenvalue weighted by Crippen LogP contribution is 2.12. The van der Waals surface area contributed by atoms with Crippen molar-refractivity contribution in [2.45, 2.75) is 0 Å². The lowest BCUT2D eigenvalue weighted by atomic mass is 10.2. The predicted octanol–water partition coefficient (Wildman–Crippen LogP) is 1.03. The van der Waals surface area contributed by atoms with Crippen molar-refractivity contribution in [2.75, 3.05) is 9.44 Å². The van der Waals surface area contributed by atoms with Crippen LogP contribution in [0, 0.1) is 22.7 Å². The van der Waals surface area contributed by atoms with E-state index >= 15 is 0 Å². The first-order chi connectivity index (χ1) is 11.7. The molecule has 9 nitrogen and oxygen atoms in total. The first-order valence-electron chi connectivity index (χ1n) is 6.57. The smallest absolute Gasteiger partial charge is 0.270 e. The lowest BCUT2D eigenvalue weighted by Gasteiger charge is -2.11. The van der Waals surface area contributed by atoms with Gasteiger partial charge in [0.1, 0.15) is 0 Å². The lowest BCUT2D eigenvalue weighted by molar-refractivity contribution is 0.583. The summed E-state index contributed by atoms with van der Waals surface area (Å²) in [6, 6.07) is 14.5. The zero-order valence-electron chi connectivity index (χ0n) is 12.5. The van der Waals surface area contributed by atoms with Crippen LogP contribution in [-0.4, -0.2) is 16.8 Å². The summed E-state index contributed by atoms with van der Waals surface area (Å²) in [5.74, 6) is 0. The van der Waals surface area contributed by atoms with Crippen molar-refractivity contribution in [2.24, 2.45) is 0 Å². The van der Waals surface area contributed by atoms with Gasteiger partial charge in [-0.2, -0.15) is 27.4 Å². The average Bonchev–Trinajstić information content (AvgIpc) is 2.54. The van der Waals surface area contributed by atoms with Gasteiger partial charge in [0.2, 0.25) is 0 Å². The van der Waals surface area contributed by atoms with Crippen LogP contribution >= 0.6 is 0 Å². The molecule has 0 amide bonds. The quantitative estimate of drug-likeness (QED) is 0.684. The van der Waals surface area contributed by atoms with Crippen LogP contribution in [0.2, 0.25) is 0 Å². The number of hydrogen-bond acceptors (Lipinski definition) is 6. The molecule has 0 aromatic heterocycles. The number of nitrogens with one attached hydrogen (secondary N) is 3. The number of benzene rings is 2. The maximum Gasteiger partial charge on any atom is 0.313 e. The van der Waals surface area contributed by atoms with Gasteiger partial charge < -0.3 is 0 Å². The van der Waals surface area contributed by atoms with E-state index in [0.29, 0.717) is 11.1 Å². The van der Waals surface area contributed by atoms with Gasteiger partial charge in [0.05, 0.1) is 23.3 Å². The van der Waals surface area contributed by atoms with E-state index in [1.807, 2.05) is 21.6 Å². The molecule has 0 heterocycles. The van der Waals surface area contributed by atoms with E-state index in [-0.39, 0.29) is 11.4 Å². The van der Waals surface area contributed by atoms with Gasteiger partial charge in [0.25, 0.3) is 0 Å². The Hall–Kier alpha value is -3.12. The molecule has 11 heteroatoms. The van der Waals surface area contributed by atoms with E-state index < -0.39 is 20.4 Å². The fraction of sp³-hybridized carbons (Fsp3) is 0. The molecule has 0 aliphatic rings. The molecule has 0 aliphatic carbocycles. The molecule has 2 rings (SSSR count). The minimum atomic E-state index is -4.43. The summed E-state index contributed by atoms with van der Waals surface area (Å²) >= 11 is 0. The van der Waals surface area contributed by atoms with E-state index in [2.05, 4.69) is 0 Å². The monoisotopic (exact) mass is 377 g/mol. The second-order valence-corrected chi connectivity index (χ2v) is 7.76. The molecule has 0 atom stereocenters. The maximum absolute atomic E-state index is 11.9. The van der Waals surface area contributed by atoms with Crippen LogP contribution in [0.3, 0.4) is 0 Å². The largest absolute Gasteiger partial charge is 0.313 e. The number of nitriles is 2. The third-order valence-corrected chi connectivity index (χ3v) is 5.52. The van der Waals surface area contributed by atoms with Crippen LogP contribution in [0.1, 0.15) is 11.1 Å². The molecule has 3 N–H and O–H groups in total. The Labute approximate surface area is 144 Å². The molecule has 0 spiro atoms. The van der Waals surface area contributed by atoms with Crippen molar-refractivity contribution in [3.8, 4) is 12.1 Å². The highest BCUT2D eigenvalue weighted by atomic mass is 32.3. The summed E-state index contributed by atoms with van der Waals surface area (Å²) in [6.45, 7) is 0. The third-order valence-electron chi connectivity index (χ3n) is 2.75. The number of anilines is 2. The normalized spacial score (nSPS) is 11.1. The van der Waals surface area contributed by atoms with Crippen molar-refractivity contribution >= 4 is 31.8 Å². The molecule has 0 saturated heterocycles. The highest BCUT2D eigenvalue weighted by Gasteiger charge is 2.20. The van der Waals surface area contributed by atoms with Gasteiger partial charge in [-0.25, -0.2) is 0 Å². The molecule has 0 aliphatic heterocycles. The van der Waals surface area contributed by atoms with E-state index in [1.165, 1.54) is 52.7 Å². The minimum absolute atomic E-state index is 0.0834. The van der Waals surface area contributed by atoms with Crippen molar-refractivity contribution < 1.29 is 16.8 Å². The van der Waals surface area contributed by atoms with Crippen molar-refractivity contribution in [3.63, 3.8) is 0 Å². The van der Waals surface area contributed by atoms with Gasteiger partial charge in [-0.1, -0.05) is 4.13 Å². The molecule has 0 bridgehead atoms. The SMILES string of the molecule is N#Cc1ccc(NS(=O)(=O)NS(=O)(=O)Nc2ccc(C#N)cc2)cc1. The minimum Gasteiger partial charge on any atom is -0.270 e. The molecule has 0 saturated carbocycles. The van der Waals surface area contributed by atoms with Crippen LogP contribution in [0.4, 0.5) is 11.4 Å². The molecule has 128 valence electrons. The summed E-state index contributed by atoms with van der Waals surface area (Å²) < 4.78 is 53.2. The summed E-state index contributed by atoms with van der Waals surface area (Å²) in [5.41, 5.74) is 0.817. The number of hydrogen-bond donors (Lipinski definition) is 3. The molecule has 2 aromatic rings. The Morgan fingerprint density at radius 3 is 1.24 bits per heavy atom. The van der Waals surface area contributed by atoms with Gasteiger partial charge in [0, 0.05) is 11.4 Å². The topological polar surface area (TPSA) is 152 Å². The van der Waals surface area contributed by atoms with Gasteiger partial charge in [-0.05, 0) is 48.5 Å².